The van der Waals surface area contributed by atoms with Crippen LogP contribution in [0.2, 0.25) is 0 Å². The Balaban J connectivity index is 1.15. The molecule has 5 rings (SSSR count). The normalized spacial score (nSPS) is 17.5. The Morgan fingerprint density at radius 3 is 2.52 bits per heavy atom. The largest absolute Gasteiger partial charge is 0.331 e. The summed E-state index contributed by atoms with van der Waals surface area (Å²) in [6, 6.07) is 7.20. The number of hydrogen-bond donors (Lipinski definition) is 0. The third kappa shape index (κ3) is 4.60. The summed E-state index contributed by atoms with van der Waals surface area (Å²) in [5.41, 5.74) is 3.11. The molecule has 0 unspecified atom stereocenters. The van der Waals surface area contributed by atoms with E-state index >= 15 is 0 Å². The van der Waals surface area contributed by atoms with Crippen LogP contribution >= 0.6 is 0 Å². The zero-order valence-electron chi connectivity index (χ0n) is 17.9. The van der Waals surface area contributed by atoms with Crippen LogP contribution in [-0.4, -0.2) is 66.8 Å². The molecule has 8 nitrogen and oxygen atoms in total. The number of aryl methyl sites for hydroxylation is 1. The fraction of sp³-hybridized carbons (Fsp3) is 0.478. The molecule has 0 spiro atoms. The van der Waals surface area contributed by atoms with Crippen LogP contribution in [0.4, 0.5) is 0 Å². The molecule has 8 heteroatoms. The van der Waals surface area contributed by atoms with Gasteiger partial charge >= 0.3 is 0 Å². The van der Waals surface area contributed by atoms with Crippen LogP contribution in [0.15, 0.2) is 47.7 Å². The molecular formula is C23H29N7O. The minimum absolute atomic E-state index is 0.0551. The maximum atomic E-state index is 12.3. The van der Waals surface area contributed by atoms with E-state index in [1.54, 1.807) is 29.2 Å². The van der Waals surface area contributed by atoms with E-state index in [1.165, 1.54) is 24.4 Å². The van der Waals surface area contributed by atoms with Gasteiger partial charge in [-0.3, -0.25) is 19.6 Å². The van der Waals surface area contributed by atoms with Crippen LogP contribution < -0.4 is 5.56 Å². The molecule has 0 saturated carbocycles. The quantitative estimate of drug-likeness (QED) is 0.605. The summed E-state index contributed by atoms with van der Waals surface area (Å²) < 4.78 is 4.00. The van der Waals surface area contributed by atoms with Gasteiger partial charge in [-0.1, -0.05) is 0 Å². The number of rotatable bonds is 6. The van der Waals surface area contributed by atoms with Crippen molar-refractivity contribution < 1.29 is 0 Å². The van der Waals surface area contributed by atoms with E-state index in [0.29, 0.717) is 6.54 Å². The van der Waals surface area contributed by atoms with E-state index in [-0.39, 0.29) is 5.56 Å². The number of hydrogen-bond acceptors (Lipinski definition) is 6. The summed E-state index contributed by atoms with van der Waals surface area (Å²) >= 11 is 0. The molecule has 2 aliphatic heterocycles. The zero-order chi connectivity index (χ0) is 21.0. The summed E-state index contributed by atoms with van der Waals surface area (Å²) in [6.07, 6.45) is 9.26. The summed E-state index contributed by atoms with van der Waals surface area (Å²) in [5, 5.41) is 4.56. The molecule has 3 aromatic heterocycles. The molecule has 0 aliphatic carbocycles. The average Bonchev–Trinajstić information content (AvgIpc) is 3.23. The Bertz CT molecular complexity index is 1070. The molecule has 0 bridgehead atoms. The average molecular weight is 420 g/mol. The van der Waals surface area contributed by atoms with Crippen LogP contribution in [0, 0.1) is 0 Å². The highest BCUT2D eigenvalue weighted by Crippen LogP contribution is 2.18. The summed E-state index contributed by atoms with van der Waals surface area (Å²) in [7, 11) is 0. The number of fused-ring (bicyclic) bond motifs is 1. The van der Waals surface area contributed by atoms with Gasteiger partial charge in [-0.25, -0.2) is 9.67 Å². The SMILES string of the molecule is O=c1ccc(-c2ccncc2)nn1CCN1CCN(Cc2ncc3n2CCCC3)CC1. The monoisotopic (exact) mass is 419 g/mol. The number of imidazole rings is 1. The Kier molecular flexibility index (Phi) is 5.90. The molecule has 0 aromatic carbocycles. The van der Waals surface area contributed by atoms with E-state index in [4.69, 9.17) is 0 Å². The second-order valence-corrected chi connectivity index (χ2v) is 8.41. The second-order valence-electron chi connectivity index (χ2n) is 8.41. The van der Waals surface area contributed by atoms with Gasteiger partial charge in [-0.15, -0.1) is 0 Å². The van der Waals surface area contributed by atoms with Crippen molar-refractivity contribution >= 4 is 0 Å². The van der Waals surface area contributed by atoms with Crippen molar-refractivity contribution in [1.82, 2.24) is 34.1 Å². The van der Waals surface area contributed by atoms with Crippen LogP contribution in [0.1, 0.15) is 24.4 Å². The fourth-order valence-corrected chi connectivity index (χ4v) is 4.52. The third-order valence-electron chi connectivity index (χ3n) is 6.39. The van der Waals surface area contributed by atoms with Crippen molar-refractivity contribution in [3.05, 3.63) is 64.7 Å². The first-order valence-corrected chi connectivity index (χ1v) is 11.2. The molecule has 0 atom stereocenters. The Morgan fingerprint density at radius 1 is 0.871 bits per heavy atom. The number of pyridine rings is 1. The Labute approximate surface area is 182 Å². The highest BCUT2D eigenvalue weighted by Gasteiger charge is 2.20. The lowest BCUT2D eigenvalue weighted by molar-refractivity contribution is 0.119. The van der Waals surface area contributed by atoms with Gasteiger partial charge < -0.3 is 4.57 Å². The first kappa shape index (κ1) is 20.1. The van der Waals surface area contributed by atoms with Crippen molar-refractivity contribution in [2.45, 2.75) is 38.9 Å². The van der Waals surface area contributed by atoms with Gasteiger partial charge in [0.1, 0.15) is 5.82 Å². The highest BCUT2D eigenvalue weighted by atomic mass is 16.1. The Morgan fingerprint density at radius 2 is 1.68 bits per heavy atom. The van der Waals surface area contributed by atoms with E-state index in [0.717, 1.165) is 63.5 Å². The maximum Gasteiger partial charge on any atom is 0.266 e. The highest BCUT2D eigenvalue weighted by molar-refractivity contribution is 5.56. The molecule has 3 aromatic rings. The van der Waals surface area contributed by atoms with E-state index in [1.807, 2.05) is 12.1 Å². The van der Waals surface area contributed by atoms with E-state index in [9.17, 15) is 4.79 Å². The lowest BCUT2D eigenvalue weighted by Gasteiger charge is -2.34. The topological polar surface area (TPSA) is 72.1 Å². The van der Waals surface area contributed by atoms with Gasteiger partial charge in [0, 0.05) is 75.2 Å². The lowest BCUT2D eigenvalue weighted by Crippen LogP contribution is -2.47. The smallest absolute Gasteiger partial charge is 0.266 e. The summed E-state index contributed by atoms with van der Waals surface area (Å²) in [4.78, 5) is 25.9. The molecule has 0 radical (unpaired) electrons. The minimum atomic E-state index is -0.0551. The Hall–Kier alpha value is -2.84. The van der Waals surface area contributed by atoms with Crippen molar-refractivity contribution in [1.29, 1.82) is 0 Å². The van der Waals surface area contributed by atoms with Crippen molar-refractivity contribution in [3.8, 4) is 11.3 Å². The van der Waals surface area contributed by atoms with Gasteiger partial charge in [0.15, 0.2) is 0 Å². The molecule has 162 valence electrons. The second kappa shape index (κ2) is 9.11. The number of nitrogens with zero attached hydrogens (tertiary/aromatic N) is 7. The van der Waals surface area contributed by atoms with Crippen LogP contribution in [0.25, 0.3) is 11.3 Å². The molecular weight excluding hydrogens is 390 g/mol. The van der Waals surface area contributed by atoms with E-state index in [2.05, 4.69) is 35.6 Å². The zero-order valence-corrected chi connectivity index (χ0v) is 17.9. The molecule has 1 fully saturated rings. The van der Waals surface area contributed by atoms with Crippen molar-refractivity contribution in [2.24, 2.45) is 0 Å². The van der Waals surface area contributed by atoms with Gasteiger partial charge in [-0.2, -0.15) is 5.10 Å². The predicted octanol–water partition coefficient (Wildman–Crippen LogP) is 1.66. The van der Waals surface area contributed by atoms with Gasteiger partial charge in [-0.05, 0) is 37.5 Å². The predicted molar refractivity (Wildman–Crippen MR) is 119 cm³/mol. The first-order chi connectivity index (χ1) is 15.3. The fourth-order valence-electron chi connectivity index (χ4n) is 4.52. The van der Waals surface area contributed by atoms with Gasteiger partial charge in [0.25, 0.3) is 5.56 Å². The maximum absolute atomic E-state index is 12.3. The lowest BCUT2D eigenvalue weighted by atomic mass is 10.1. The van der Waals surface area contributed by atoms with Crippen LogP contribution in [0.3, 0.4) is 0 Å². The van der Waals surface area contributed by atoms with Gasteiger partial charge in [0.05, 0.1) is 18.8 Å². The number of aromatic nitrogens is 5. The molecule has 31 heavy (non-hydrogen) atoms. The minimum Gasteiger partial charge on any atom is -0.331 e. The van der Waals surface area contributed by atoms with E-state index < -0.39 is 0 Å². The molecule has 0 amide bonds. The van der Waals surface area contributed by atoms with Crippen molar-refractivity contribution in [3.63, 3.8) is 0 Å². The molecule has 5 heterocycles. The van der Waals surface area contributed by atoms with Crippen LogP contribution in [-0.2, 0) is 26.1 Å². The van der Waals surface area contributed by atoms with Crippen molar-refractivity contribution in [2.75, 3.05) is 32.7 Å². The first-order valence-electron chi connectivity index (χ1n) is 11.2. The van der Waals surface area contributed by atoms with Crippen LogP contribution in [0.5, 0.6) is 0 Å². The molecule has 1 saturated heterocycles. The summed E-state index contributed by atoms with van der Waals surface area (Å²) in [6.45, 7) is 7.56. The number of piperazine rings is 1. The standard InChI is InChI=1S/C23H29N7O/c31-23-5-4-21(19-6-8-24-9-7-19)26-30(23)16-15-27-11-13-28(14-12-27)18-22-25-17-20-3-1-2-10-29(20)22/h4-9,17H,1-3,10-16,18H2. The van der Waals surface area contributed by atoms with Gasteiger partial charge in [0.2, 0.25) is 0 Å². The third-order valence-corrected chi connectivity index (χ3v) is 6.39. The molecule has 0 N–H and O–H groups in total. The molecule has 2 aliphatic rings. The summed E-state index contributed by atoms with van der Waals surface area (Å²) in [5.74, 6) is 1.21.